The van der Waals surface area contributed by atoms with Crippen molar-refractivity contribution in [2.45, 2.75) is 30.2 Å². The van der Waals surface area contributed by atoms with Crippen LogP contribution in [-0.4, -0.2) is 25.1 Å². The fourth-order valence-corrected chi connectivity index (χ4v) is 5.17. The summed E-state index contributed by atoms with van der Waals surface area (Å²) in [5.41, 5.74) is 8.83. The fraction of sp³-hybridized carbons (Fsp3) is 0.154. The molecule has 5 rings (SSSR count). The molecule has 0 radical (unpaired) electrons. The molecule has 8 heteroatoms. The van der Waals surface area contributed by atoms with Crippen LogP contribution in [0, 0.1) is 0 Å². The van der Waals surface area contributed by atoms with Gasteiger partial charge in [-0.1, -0.05) is 86.3 Å². The Hall–Kier alpha value is -3.91. The Balaban J connectivity index is 1.80. The Kier molecular flexibility index (Phi) is 5.67. The molecule has 0 fully saturated rings. The number of nitrogens with two attached hydrogens (primary N) is 1. The van der Waals surface area contributed by atoms with Gasteiger partial charge in [0.1, 0.15) is 5.25 Å². The topological polar surface area (TPSA) is 95.3 Å². The van der Waals surface area contributed by atoms with Gasteiger partial charge in [0.2, 0.25) is 11.7 Å². The summed E-state index contributed by atoms with van der Waals surface area (Å²) < 4.78 is 3.44. The fourth-order valence-electron chi connectivity index (χ4n) is 4.18. The lowest BCUT2D eigenvalue weighted by Gasteiger charge is -2.17. The molecular formula is C26H23N5O2S. The van der Waals surface area contributed by atoms with E-state index >= 15 is 0 Å². The number of thioether (sulfide) groups is 1. The van der Waals surface area contributed by atoms with E-state index in [-0.39, 0.29) is 11.5 Å². The van der Waals surface area contributed by atoms with Crippen molar-refractivity contribution in [2.24, 2.45) is 5.73 Å². The predicted molar refractivity (Wildman–Crippen MR) is 134 cm³/mol. The summed E-state index contributed by atoms with van der Waals surface area (Å²) in [5.74, 6) is 0.107. The van der Waals surface area contributed by atoms with Gasteiger partial charge in [0.25, 0.3) is 5.56 Å². The maximum absolute atomic E-state index is 13.7. The molecule has 0 aliphatic carbocycles. The molecule has 1 unspecified atom stereocenters. The molecule has 3 aromatic carbocycles. The average molecular weight is 470 g/mol. The molecule has 34 heavy (non-hydrogen) atoms. The summed E-state index contributed by atoms with van der Waals surface area (Å²) in [5, 5.41) is 9.18. The van der Waals surface area contributed by atoms with Gasteiger partial charge in [-0.25, -0.2) is 4.57 Å². The van der Waals surface area contributed by atoms with E-state index in [0.29, 0.717) is 21.8 Å². The van der Waals surface area contributed by atoms with Gasteiger partial charge in [-0.15, -0.1) is 10.2 Å². The molecule has 2 N–H and O–H groups in total. The Labute approximate surface area is 200 Å². The van der Waals surface area contributed by atoms with Crippen molar-refractivity contribution in [3.05, 3.63) is 100 Å². The standard InChI is InChI=1S/C26H23N5O2S/c1-16(2)18-12-6-8-14-20(18)30-24(33)19-13-7-9-15-21(19)31-25(30)28-29-26(31)34-22(23(27)32)17-10-4-3-5-11-17/h3-16,22H,1-2H3,(H2,27,32). The van der Waals surface area contributed by atoms with E-state index in [1.54, 1.807) is 10.6 Å². The number of para-hydroxylation sites is 2. The van der Waals surface area contributed by atoms with Crippen LogP contribution in [0.4, 0.5) is 0 Å². The number of amides is 1. The van der Waals surface area contributed by atoms with Crippen LogP contribution in [-0.2, 0) is 4.79 Å². The Morgan fingerprint density at radius 2 is 1.59 bits per heavy atom. The molecule has 2 heterocycles. The molecule has 0 bridgehead atoms. The van der Waals surface area contributed by atoms with Crippen molar-refractivity contribution < 1.29 is 4.79 Å². The number of carbonyl (C=O) groups is 1. The van der Waals surface area contributed by atoms with Gasteiger partial charge in [-0.2, -0.15) is 0 Å². The number of fused-ring (bicyclic) bond motifs is 3. The molecule has 1 amide bonds. The van der Waals surface area contributed by atoms with E-state index in [4.69, 9.17) is 5.73 Å². The lowest BCUT2D eigenvalue weighted by atomic mass is 10.0. The zero-order valence-corrected chi connectivity index (χ0v) is 19.6. The molecule has 0 spiro atoms. The number of nitrogens with zero attached hydrogens (tertiary/aromatic N) is 4. The summed E-state index contributed by atoms with van der Waals surface area (Å²) in [4.78, 5) is 26.1. The second-order valence-electron chi connectivity index (χ2n) is 8.30. The first-order valence-corrected chi connectivity index (χ1v) is 11.8. The molecule has 2 aromatic heterocycles. The van der Waals surface area contributed by atoms with Crippen LogP contribution in [0.25, 0.3) is 22.4 Å². The van der Waals surface area contributed by atoms with Crippen molar-refractivity contribution in [3.8, 4) is 5.69 Å². The van der Waals surface area contributed by atoms with Crippen LogP contribution in [0.2, 0.25) is 0 Å². The number of aromatic nitrogens is 4. The smallest absolute Gasteiger partial charge is 0.267 e. The summed E-state index contributed by atoms with van der Waals surface area (Å²) in [6, 6.07) is 24.5. The predicted octanol–water partition coefficient (Wildman–Crippen LogP) is 4.48. The summed E-state index contributed by atoms with van der Waals surface area (Å²) in [7, 11) is 0. The van der Waals surface area contributed by atoms with Crippen molar-refractivity contribution in [1.82, 2.24) is 19.2 Å². The third kappa shape index (κ3) is 3.66. The minimum atomic E-state index is -0.657. The van der Waals surface area contributed by atoms with Crippen molar-refractivity contribution in [1.29, 1.82) is 0 Å². The summed E-state index contributed by atoms with van der Waals surface area (Å²) in [6.45, 7) is 4.18. The Bertz CT molecular complexity index is 1570. The second-order valence-corrected chi connectivity index (χ2v) is 9.37. The third-order valence-electron chi connectivity index (χ3n) is 5.78. The van der Waals surface area contributed by atoms with Gasteiger partial charge >= 0.3 is 0 Å². The minimum Gasteiger partial charge on any atom is -0.368 e. The number of hydrogen-bond donors (Lipinski definition) is 1. The third-order valence-corrected chi connectivity index (χ3v) is 6.99. The molecular weight excluding hydrogens is 446 g/mol. The van der Waals surface area contributed by atoms with E-state index in [1.807, 2.05) is 77.2 Å². The van der Waals surface area contributed by atoms with Crippen LogP contribution < -0.4 is 11.3 Å². The normalized spacial score (nSPS) is 12.4. The van der Waals surface area contributed by atoms with Gasteiger partial charge in [-0.05, 0) is 35.2 Å². The van der Waals surface area contributed by atoms with Crippen molar-refractivity contribution in [3.63, 3.8) is 0 Å². The van der Waals surface area contributed by atoms with E-state index < -0.39 is 11.2 Å². The first-order valence-electron chi connectivity index (χ1n) is 11.0. The van der Waals surface area contributed by atoms with E-state index in [0.717, 1.165) is 16.8 Å². The van der Waals surface area contributed by atoms with Crippen LogP contribution in [0.5, 0.6) is 0 Å². The summed E-state index contributed by atoms with van der Waals surface area (Å²) >= 11 is 1.22. The van der Waals surface area contributed by atoms with Gasteiger partial charge in [0.15, 0.2) is 5.16 Å². The van der Waals surface area contributed by atoms with Crippen LogP contribution in [0.1, 0.15) is 36.1 Å². The molecule has 7 nitrogen and oxygen atoms in total. The monoisotopic (exact) mass is 469 g/mol. The minimum absolute atomic E-state index is 0.172. The highest BCUT2D eigenvalue weighted by atomic mass is 32.2. The van der Waals surface area contributed by atoms with Gasteiger partial charge in [-0.3, -0.25) is 14.0 Å². The first-order chi connectivity index (χ1) is 16.5. The number of primary amides is 1. The SMILES string of the molecule is CC(C)c1ccccc1-n1c(=O)c2ccccc2n2c(SC(C(N)=O)c3ccccc3)nnc12. The zero-order valence-electron chi connectivity index (χ0n) is 18.8. The summed E-state index contributed by atoms with van der Waals surface area (Å²) in [6.07, 6.45) is 0. The lowest BCUT2D eigenvalue weighted by molar-refractivity contribution is -0.117. The lowest BCUT2D eigenvalue weighted by Crippen LogP contribution is -2.23. The van der Waals surface area contributed by atoms with Crippen molar-refractivity contribution >= 4 is 34.3 Å². The maximum Gasteiger partial charge on any atom is 0.267 e. The van der Waals surface area contributed by atoms with E-state index in [1.165, 1.54) is 11.8 Å². The van der Waals surface area contributed by atoms with Crippen molar-refractivity contribution in [2.75, 3.05) is 0 Å². The van der Waals surface area contributed by atoms with Gasteiger partial charge < -0.3 is 5.73 Å². The first kappa shape index (κ1) is 21.9. The quantitative estimate of drug-likeness (QED) is 0.370. The second kappa shape index (κ2) is 8.79. The molecule has 0 aliphatic rings. The highest BCUT2D eigenvalue weighted by Crippen LogP contribution is 2.35. The Morgan fingerprint density at radius 1 is 0.912 bits per heavy atom. The highest BCUT2D eigenvalue weighted by molar-refractivity contribution is 8.00. The van der Waals surface area contributed by atoms with Crippen LogP contribution in [0.3, 0.4) is 0 Å². The van der Waals surface area contributed by atoms with E-state index in [9.17, 15) is 9.59 Å². The number of rotatable bonds is 6. The molecule has 0 aliphatic heterocycles. The van der Waals surface area contributed by atoms with Gasteiger partial charge in [0.05, 0.1) is 16.6 Å². The van der Waals surface area contributed by atoms with Crippen LogP contribution >= 0.6 is 11.8 Å². The number of carbonyl (C=O) groups excluding carboxylic acids is 1. The number of hydrogen-bond acceptors (Lipinski definition) is 5. The average Bonchev–Trinajstić information content (AvgIpc) is 3.26. The highest BCUT2D eigenvalue weighted by Gasteiger charge is 2.25. The molecule has 5 aromatic rings. The largest absolute Gasteiger partial charge is 0.368 e. The molecule has 170 valence electrons. The molecule has 0 saturated carbocycles. The van der Waals surface area contributed by atoms with E-state index in [2.05, 4.69) is 24.0 Å². The van der Waals surface area contributed by atoms with Crippen LogP contribution in [0.15, 0.2) is 88.8 Å². The zero-order chi connectivity index (χ0) is 23.8. The Morgan fingerprint density at radius 3 is 2.32 bits per heavy atom. The molecule has 1 atom stereocenters. The van der Waals surface area contributed by atoms with Gasteiger partial charge in [0, 0.05) is 0 Å². The maximum atomic E-state index is 13.7. The number of benzene rings is 3. The molecule has 0 saturated heterocycles.